The second kappa shape index (κ2) is 5.39. The Hall–Kier alpha value is -2.89. The van der Waals surface area contributed by atoms with Crippen LogP contribution in [0.3, 0.4) is 0 Å². The third kappa shape index (κ3) is 2.63. The molecule has 1 aliphatic heterocycles. The maximum Gasteiger partial charge on any atom is 0.257 e. The fourth-order valence-electron chi connectivity index (χ4n) is 2.64. The summed E-state index contributed by atoms with van der Waals surface area (Å²) in [6.45, 7) is 0. The minimum absolute atomic E-state index is 0.255. The van der Waals surface area contributed by atoms with Crippen molar-refractivity contribution in [3.8, 4) is 17.2 Å². The zero-order chi connectivity index (χ0) is 15.8. The van der Waals surface area contributed by atoms with Gasteiger partial charge in [0.15, 0.2) is 6.10 Å². The van der Waals surface area contributed by atoms with Crippen molar-refractivity contribution in [2.75, 3.05) is 5.73 Å². The van der Waals surface area contributed by atoms with Crippen molar-refractivity contribution < 1.29 is 13.5 Å². The molecule has 0 saturated heterocycles. The minimum atomic E-state index is -0.317. The number of nitrogens with zero attached hydrogens (tertiary/aromatic N) is 2. The van der Waals surface area contributed by atoms with Crippen LogP contribution < -0.4 is 10.5 Å². The van der Waals surface area contributed by atoms with Crippen molar-refractivity contribution in [1.82, 2.24) is 10.2 Å². The third-order valence-electron chi connectivity index (χ3n) is 3.84. The Morgan fingerprint density at radius 2 is 1.91 bits per heavy atom. The first-order valence-corrected chi connectivity index (χ1v) is 7.33. The Morgan fingerprint density at radius 3 is 2.74 bits per heavy atom. The van der Waals surface area contributed by atoms with Crippen molar-refractivity contribution in [2.24, 2.45) is 0 Å². The van der Waals surface area contributed by atoms with E-state index in [1.807, 2.05) is 12.1 Å². The highest BCUT2D eigenvalue weighted by Crippen LogP contribution is 2.35. The van der Waals surface area contributed by atoms with Gasteiger partial charge in [-0.25, -0.2) is 4.39 Å². The van der Waals surface area contributed by atoms with Crippen LogP contribution in [-0.4, -0.2) is 10.2 Å². The number of fused-ring (bicyclic) bond motifs is 1. The largest absolute Gasteiger partial charge is 0.480 e. The number of anilines is 1. The molecule has 4 rings (SSSR count). The molecule has 5 nitrogen and oxygen atoms in total. The third-order valence-corrected chi connectivity index (χ3v) is 3.84. The van der Waals surface area contributed by atoms with E-state index in [0.717, 1.165) is 11.1 Å². The summed E-state index contributed by atoms with van der Waals surface area (Å²) in [6, 6.07) is 11.7. The molecular formula is C17H14FN3O2. The maximum absolute atomic E-state index is 13.2. The van der Waals surface area contributed by atoms with Crippen LogP contribution >= 0.6 is 0 Å². The van der Waals surface area contributed by atoms with Gasteiger partial charge in [0.2, 0.25) is 5.89 Å². The van der Waals surface area contributed by atoms with Crippen LogP contribution in [0.2, 0.25) is 0 Å². The quantitative estimate of drug-likeness (QED) is 0.733. The highest BCUT2D eigenvalue weighted by molar-refractivity contribution is 5.56. The van der Waals surface area contributed by atoms with Crippen LogP contribution in [0.4, 0.5) is 10.1 Å². The smallest absolute Gasteiger partial charge is 0.257 e. The molecule has 0 saturated carbocycles. The van der Waals surface area contributed by atoms with Gasteiger partial charge in [0.25, 0.3) is 5.89 Å². The van der Waals surface area contributed by atoms with E-state index in [0.29, 0.717) is 36.1 Å². The molecule has 1 aromatic heterocycles. The molecule has 1 atom stereocenters. The molecule has 2 aromatic carbocycles. The zero-order valence-corrected chi connectivity index (χ0v) is 12.2. The Bertz CT molecular complexity index is 845. The molecule has 1 aliphatic rings. The van der Waals surface area contributed by atoms with E-state index in [-0.39, 0.29) is 11.9 Å². The predicted molar refractivity (Wildman–Crippen MR) is 82.2 cm³/mol. The second-order valence-corrected chi connectivity index (χ2v) is 5.46. The van der Waals surface area contributed by atoms with Crippen LogP contribution in [0, 0.1) is 5.82 Å². The lowest BCUT2D eigenvalue weighted by Gasteiger charge is -2.23. The number of halogens is 1. The van der Waals surface area contributed by atoms with Gasteiger partial charge in [-0.2, -0.15) is 0 Å². The molecule has 0 radical (unpaired) electrons. The molecule has 0 amide bonds. The monoisotopic (exact) mass is 311 g/mol. The molecule has 23 heavy (non-hydrogen) atoms. The van der Waals surface area contributed by atoms with E-state index < -0.39 is 0 Å². The molecule has 6 heteroatoms. The fraction of sp³-hybridized carbons (Fsp3) is 0.176. The molecule has 0 spiro atoms. The Kier molecular flexibility index (Phi) is 3.22. The van der Waals surface area contributed by atoms with Crippen molar-refractivity contribution in [3.63, 3.8) is 0 Å². The number of aryl methyl sites for hydroxylation is 1. The summed E-state index contributed by atoms with van der Waals surface area (Å²) < 4.78 is 24.8. The number of benzene rings is 2. The molecule has 0 bridgehead atoms. The van der Waals surface area contributed by atoms with Gasteiger partial charge < -0.3 is 14.9 Å². The highest BCUT2D eigenvalue weighted by atomic mass is 19.1. The summed E-state index contributed by atoms with van der Waals surface area (Å²) in [5, 5.41) is 8.15. The van der Waals surface area contributed by atoms with Crippen LogP contribution in [0.25, 0.3) is 11.5 Å². The maximum atomic E-state index is 13.2. The van der Waals surface area contributed by atoms with E-state index >= 15 is 0 Å². The Balaban J connectivity index is 1.58. The lowest BCUT2D eigenvalue weighted by Crippen LogP contribution is -2.15. The van der Waals surface area contributed by atoms with Crippen LogP contribution in [0.5, 0.6) is 5.75 Å². The van der Waals surface area contributed by atoms with Crippen molar-refractivity contribution >= 4 is 5.69 Å². The standard InChI is InChI=1S/C17H14FN3O2/c18-12-4-8-14-11(9-12)3-7-15(22-14)17-21-20-16(23-17)10-1-5-13(19)6-2-10/h1-2,4-6,8-9,15H,3,7,19H2. The van der Waals surface area contributed by atoms with Gasteiger partial charge >= 0.3 is 0 Å². The van der Waals surface area contributed by atoms with Crippen molar-refractivity contribution in [2.45, 2.75) is 18.9 Å². The first-order chi connectivity index (χ1) is 11.2. The van der Waals surface area contributed by atoms with E-state index in [1.54, 1.807) is 18.2 Å². The molecule has 1 unspecified atom stereocenters. The van der Waals surface area contributed by atoms with Gasteiger partial charge in [0.1, 0.15) is 11.6 Å². The van der Waals surface area contributed by atoms with Crippen LogP contribution in [-0.2, 0) is 6.42 Å². The van der Waals surface area contributed by atoms with Crippen molar-refractivity contribution in [1.29, 1.82) is 0 Å². The van der Waals surface area contributed by atoms with Crippen LogP contribution in [0.1, 0.15) is 24.0 Å². The van der Waals surface area contributed by atoms with Gasteiger partial charge in [-0.3, -0.25) is 0 Å². The lowest BCUT2D eigenvalue weighted by molar-refractivity contribution is 0.144. The summed E-state index contributed by atoms with van der Waals surface area (Å²) >= 11 is 0. The van der Waals surface area contributed by atoms with Gasteiger partial charge in [-0.05, 0) is 60.9 Å². The zero-order valence-electron chi connectivity index (χ0n) is 12.2. The number of hydrogen-bond acceptors (Lipinski definition) is 5. The Morgan fingerprint density at radius 1 is 1.09 bits per heavy atom. The van der Waals surface area contributed by atoms with E-state index in [9.17, 15) is 4.39 Å². The average Bonchev–Trinajstić information content (AvgIpc) is 3.05. The summed E-state index contributed by atoms with van der Waals surface area (Å²) in [7, 11) is 0. The van der Waals surface area contributed by atoms with Gasteiger partial charge in [0.05, 0.1) is 0 Å². The summed E-state index contributed by atoms with van der Waals surface area (Å²) in [4.78, 5) is 0. The number of aromatic nitrogens is 2. The van der Waals surface area contributed by atoms with E-state index in [1.165, 1.54) is 12.1 Å². The molecular weight excluding hydrogens is 297 g/mol. The number of rotatable bonds is 2. The number of nitrogen functional groups attached to an aromatic ring is 1. The predicted octanol–water partition coefficient (Wildman–Crippen LogP) is 3.52. The van der Waals surface area contributed by atoms with Gasteiger partial charge in [-0.1, -0.05) is 0 Å². The van der Waals surface area contributed by atoms with E-state index in [4.69, 9.17) is 14.9 Å². The first-order valence-electron chi connectivity index (χ1n) is 7.33. The highest BCUT2D eigenvalue weighted by Gasteiger charge is 2.26. The Labute approximate surface area is 131 Å². The summed E-state index contributed by atoms with van der Waals surface area (Å²) in [6.07, 6.45) is 1.06. The molecule has 3 aromatic rings. The van der Waals surface area contributed by atoms with Crippen LogP contribution in [0.15, 0.2) is 46.9 Å². The number of hydrogen-bond donors (Lipinski definition) is 1. The first kappa shape index (κ1) is 13.8. The molecule has 116 valence electrons. The minimum Gasteiger partial charge on any atom is -0.480 e. The van der Waals surface area contributed by atoms with E-state index in [2.05, 4.69) is 10.2 Å². The van der Waals surface area contributed by atoms with Crippen molar-refractivity contribution in [3.05, 3.63) is 59.7 Å². The normalized spacial score (nSPS) is 16.7. The SMILES string of the molecule is Nc1ccc(-c2nnc(C3CCc4cc(F)ccc4O3)o2)cc1. The second-order valence-electron chi connectivity index (χ2n) is 5.46. The average molecular weight is 311 g/mol. The number of nitrogens with two attached hydrogens (primary N) is 1. The molecule has 2 heterocycles. The summed E-state index contributed by atoms with van der Waals surface area (Å²) in [5.74, 6) is 1.25. The topological polar surface area (TPSA) is 74.2 Å². The molecule has 0 aliphatic carbocycles. The number of ether oxygens (including phenoxy) is 1. The fourth-order valence-corrected chi connectivity index (χ4v) is 2.64. The molecule has 0 fully saturated rings. The molecule has 2 N–H and O–H groups in total. The van der Waals surface area contributed by atoms with Gasteiger partial charge in [0, 0.05) is 11.3 Å². The van der Waals surface area contributed by atoms with Gasteiger partial charge in [-0.15, -0.1) is 10.2 Å². The summed E-state index contributed by atoms with van der Waals surface area (Å²) in [5.41, 5.74) is 8.01. The lowest BCUT2D eigenvalue weighted by atomic mass is 10.0.